The number of nitrogens with zero attached hydrogens (tertiary/aromatic N) is 2. The van der Waals surface area contributed by atoms with Crippen molar-refractivity contribution >= 4 is 5.91 Å². The van der Waals surface area contributed by atoms with Crippen molar-refractivity contribution in [3.63, 3.8) is 0 Å². The Morgan fingerprint density at radius 3 is 2.50 bits per heavy atom. The second-order valence-electron chi connectivity index (χ2n) is 5.76. The monoisotopic (exact) mass is 341 g/mol. The Morgan fingerprint density at radius 1 is 1.25 bits per heavy atom. The standard InChI is InChI=1S/C16H19F3N4O/c1-22(2)9-8-20-15(24)13-10-21-23(14(13)16(17,18)19)11-12-6-4-3-5-7-12/h3-7,10H,8-9,11H2,1-2H3,(H,20,24)/p+1. The third-order valence-corrected chi connectivity index (χ3v) is 3.44. The first kappa shape index (κ1) is 18.0. The van der Waals surface area contributed by atoms with Crippen LogP contribution < -0.4 is 10.2 Å². The lowest BCUT2D eigenvalue weighted by atomic mass is 10.2. The number of halogens is 3. The van der Waals surface area contributed by atoms with Crippen molar-refractivity contribution in [3.05, 3.63) is 53.3 Å². The number of hydrogen-bond donors (Lipinski definition) is 2. The number of alkyl halides is 3. The van der Waals surface area contributed by atoms with E-state index in [9.17, 15) is 18.0 Å². The van der Waals surface area contributed by atoms with Crippen LogP contribution in [-0.4, -0.2) is 42.9 Å². The first-order valence-electron chi connectivity index (χ1n) is 7.53. The number of nitrogens with one attached hydrogen (secondary N) is 2. The maximum atomic E-state index is 13.4. The van der Waals surface area contributed by atoms with Crippen molar-refractivity contribution in [2.45, 2.75) is 12.7 Å². The lowest BCUT2D eigenvalue weighted by Crippen LogP contribution is -3.06. The summed E-state index contributed by atoms with van der Waals surface area (Å²) in [6.07, 6.45) is -3.69. The van der Waals surface area contributed by atoms with Gasteiger partial charge in [0.05, 0.1) is 45.5 Å². The van der Waals surface area contributed by atoms with E-state index in [0.29, 0.717) is 18.7 Å². The molecule has 8 heteroatoms. The Bertz CT molecular complexity index is 680. The molecule has 0 fully saturated rings. The van der Waals surface area contributed by atoms with Crippen LogP contribution in [-0.2, 0) is 12.7 Å². The summed E-state index contributed by atoms with van der Waals surface area (Å²) in [4.78, 5) is 13.2. The molecule has 130 valence electrons. The van der Waals surface area contributed by atoms with Gasteiger partial charge in [-0.2, -0.15) is 18.3 Å². The molecule has 2 N–H and O–H groups in total. The summed E-state index contributed by atoms with van der Waals surface area (Å²) < 4.78 is 41.1. The quantitative estimate of drug-likeness (QED) is 0.818. The summed E-state index contributed by atoms with van der Waals surface area (Å²) in [7, 11) is 3.79. The van der Waals surface area contributed by atoms with Gasteiger partial charge in [-0.15, -0.1) is 0 Å². The number of carbonyl (C=O) groups is 1. The summed E-state index contributed by atoms with van der Waals surface area (Å²) in [6, 6.07) is 8.68. The normalized spacial score (nSPS) is 11.8. The van der Waals surface area contributed by atoms with Crippen molar-refractivity contribution < 1.29 is 22.9 Å². The summed E-state index contributed by atoms with van der Waals surface area (Å²) in [5.74, 6) is -0.761. The fraction of sp³-hybridized carbons (Fsp3) is 0.375. The Kier molecular flexibility index (Phi) is 5.61. The number of hydrogen-bond acceptors (Lipinski definition) is 2. The number of benzene rings is 1. The zero-order valence-corrected chi connectivity index (χ0v) is 13.5. The minimum Gasteiger partial charge on any atom is -0.346 e. The molecule has 0 unspecified atom stereocenters. The molecule has 1 aromatic carbocycles. The molecule has 0 aliphatic carbocycles. The van der Waals surface area contributed by atoms with Crippen molar-refractivity contribution in [1.29, 1.82) is 0 Å². The predicted octanol–water partition coefficient (Wildman–Crippen LogP) is 0.825. The molecule has 0 saturated heterocycles. The van der Waals surface area contributed by atoms with E-state index in [2.05, 4.69) is 10.4 Å². The van der Waals surface area contributed by atoms with Crippen LogP contribution in [0.15, 0.2) is 36.5 Å². The molecule has 5 nitrogen and oxygen atoms in total. The zero-order valence-electron chi connectivity index (χ0n) is 13.5. The molecule has 0 atom stereocenters. The molecule has 1 aromatic heterocycles. The van der Waals surface area contributed by atoms with Crippen molar-refractivity contribution in [2.75, 3.05) is 27.2 Å². The minimum atomic E-state index is -4.66. The van der Waals surface area contributed by atoms with E-state index in [0.717, 1.165) is 15.8 Å². The van der Waals surface area contributed by atoms with Crippen molar-refractivity contribution in [3.8, 4) is 0 Å². The van der Waals surface area contributed by atoms with Crippen LogP contribution in [0.3, 0.4) is 0 Å². The van der Waals surface area contributed by atoms with Gasteiger partial charge in [-0.25, -0.2) is 0 Å². The molecular formula is C16H20F3N4O+. The molecule has 2 aromatic rings. The van der Waals surface area contributed by atoms with E-state index in [4.69, 9.17) is 0 Å². The van der Waals surface area contributed by atoms with E-state index in [1.54, 1.807) is 30.3 Å². The largest absolute Gasteiger partial charge is 0.433 e. The van der Waals surface area contributed by atoms with E-state index in [1.165, 1.54) is 0 Å². The highest BCUT2D eigenvalue weighted by Gasteiger charge is 2.40. The van der Waals surface area contributed by atoms with Gasteiger partial charge >= 0.3 is 6.18 Å². The molecule has 0 saturated carbocycles. The van der Waals surface area contributed by atoms with Gasteiger partial charge in [0.25, 0.3) is 5.91 Å². The Morgan fingerprint density at radius 2 is 1.92 bits per heavy atom. The molecule has 0 radical (unpaired) electrons. The first-order chi connectivity index (χ1) is 11.3. The Balaban J connectivity index is 2.24. The van der Waals surface area contributed by atoms with E-state index >= 15 is 0 Å². The average Bonchev–Trinajstić information content (AvgIpc) is 2.91. The fourth-order valence-electron chi connectivity index (χ4n) is 2.25. The minimum absolute atomic E-state index is 0.0508. The molecule has 0 bridgehead atoms. The lowest BCUT2D eigenvalue weighted by Gasteiger charge is -2.13. The Labute approximate surface area is 138 Å². The molecule has 24 heavy (non-hydrogen) atoms. The maximum Gasteiger partial charge on any atom is 0.433 e. The van der Waals surface area contributed by atoms with Gasteiger partial charge in [-0.3, -0.25) is 9.48 Å². The predicted molar refractivity (Wildman–Crippen MR) is 82.8 cm³/mol. The highest BCUT2D eigenvalue weighted by molar-refractivity contribution is 5.95. The number of rotatable bonds is 6. The molecule has 0 spiro atoms. The molecule has 2 rings (SSSR count). The van der Waals surface area contributed by atoms with Gasteiger partial charge in [0, 0.05) is 0 Å². The Hall–Kier alpha value is -2.35. The van der Waals surface area contributed by atoms with Crippen LogP contribution in [0.4, 0.5) is 13.2 Å². The van der Waals surface area contributed by atoms with Crippen LogP contribution in [0.25, 0.3) is 0 Å². The highest BCUT2D eigenvalue weighted by Crippen LogP contribution is 2.32. The van der Waals surface area contributed by atoms with Crippen LogP contribution in [0.2, 0.25) is 0 Å². The number of carbonyl (C=O) groups excluding carboxylic acids is 1. The van der Waals surface area contributed by atoms with E-state index in [1.807, 2.05) is 14.1 Å². The fourth-order valence-corrected chi connectivity index (χ4v) is 2.25. The smallest absolute Gasteiger partial charge is 0.346 e. The second kappa shape index (κ2) is 7.48. The zero-order chi connectivity index (χ0) is 17.7. The number of amides is 1. The van der Waals surface area contributed by atoms with Crippen LogP contribution in [0.5, 0.6) is 0 Å². The van der Waals surface area contributed by atoms with Gasteiger partial charge in [-0.1, -0.05) is 30.3 Å². The molecule has 1 heterocycles. The molecule has 0 aliphatic heterocycles. The van der Waals surface area contributed by atoms with Gasteiger partial charge in [0.15, 0.2) is 5.69 Å². The molecule has 1 amide bonds. The van der Waals surface area contributed by atoms with Crippen molar-refractivity contribution in [1.82, 2.24) is 15.1 Å². The third-order valence-electron chi connectivity index (χ3n) is 3.44. The number of aromatic nitrogens is 2. The van der Waals surface area contributed by atoms with Gasteiger partial charge in [-0.05, 0) is 5.56 Å². The SMILES string of the molecule is C[NH+](C)CCNC(=O)c1cnn(Cc2ccccc2)c1C(F)(F)F. The lowest BCUT2D eigenvalue weighted by molar-refractivity contribution is -0.856. The van der Waals surface area contributed by atoms with Gasteiger partial charge in [0.2, 0.25) is 0 Å². The highest BCUT2D eigenvalue weighted by atomic mass is 19.4. The summed E-state index contributed by atoms with van der Waals surface area (Å²) >= 11 is 0. The van der Waals surface area contributed by atoms with Gasteiger partial charge in [0.1, 0.15) is 0 Å². The van der Waals surface area contributed by atoms with E-state index < -0.39 is 23.3 Å². The van der Waals surface area contributed by atoms with Crippen LogP contribution in [0, 0.1) is 0 Å². The number of likely N-dealkylation sites (N-methyl/N-ethyl adjacent to an activating group) is 1. The topological polar surface area (TPSA) is 51.4 Å². The van der Waals surface area contributed by atoms with Crippen LogP contribution >= 0.6 is 0 Å². The third kappa shape index (κ3) is 4.58. The number of quaternary nitrogens is 1. The average molecular weight is 341 g/mol. The summed E-state index contributed by atoms with van der Waals surface area (Å²) in [6.45, 7) is 0.860. The summed E-state index contributed by atoms with van der Waals surface area (Å²) in [5, 5.41) is 6.28. The van der Waals surface area contributed by atoms with Gasteiger partial charge < -0.3 is 10.2 Å². The second-order valence-corrected chi connectivity index (χ2v) is 5.76. The maximum absolute atomic E-state index is 13.4. The molecule has 0 aliphatic rings. The van der Waals surface area contributed by atoms with Crippen LogP contribution in [0.1, 0.15) is 21.6 Å². The van der Waals surface area contributed by atoms with E-state index in [-0.39, 0.29) is 6.54 Å². The summed E-state index contributed by atoms with van der Waals surface area (Å²) in [5.41, 5.74) is -0.803. The molecular weight excluding hydrogens is 321 g/mol. The van der Waals surface area contributed by atoms with Crippen molar-refractivity contribution in [2.24, 2.45) is 0 Å². The first-order valence-corrected chi connectivity index (χ1v) is 7.53.